The molecule has 6 heteroatoms. The molecule has 3 N–H and O–H groups in total. The number of carbonyl (C=O) groups is 2. The molecule has 0 rings (SSSR count). The second-order valence-corrected chi connectivity index (χ2v) is 18.3. The van der Waals surface area contributed by atoms with Crippen LogP contribution in [0.5, 0.6) is 0 Å². The monoisotopic (exact) mass is 858 g/mol. The van der Waals surface area contributed by atoms with E-state index in [-0.39, 0.29) is 24.9 Å². The molecule has 0 saturated carbocycles. The molecular formula is C55H103NO5. The number of amides is 1. The number of aliphatic hydroxyl groups excluding tert-OH is 2. The molecule has 0 aliphatic carbocycles. The van der Waals surface area contributed by atoms with E-state index in [1.54, 1.807) is 0 Å². The van der Waals surface area contributed by atoms with Crippen molar-refractivity contribution < 1.29 is 24.5 Å². The molecule has 0 aromatic carbocycles. The summed E-state index contributed by atoms with van der Waals surface area (Å²) >= 11 is 0. The zero-order valence-corrected chi connectivity index (χ0v) is 40.8. The van der Waals surface area contributed by atoms with Crippen molar-refractivity contribution in [2.45, 2.75) is 296 Å². The fourth-order valence-corrected chi connectivity index (χ4v) is 8.10. The summed E-state index contributed by atoms with van der Waals surface area (Å²) in [7, 11) is 0. The van der Waals surface area contributed by atoms with E-state index < -0.39 is 18.2 Å². The van der Waals surface area contributed by atoms with Crippen molar-refractivity contribution in [2.24, 2.45) is 0 Å². The zero-order chi connectivity index (χ0) is 44.5. The van der Waals surface area contributed by atoms with Crippen molar-refractivity contribution in [1.82, 2.24) is 5.32 Å². The van der Waals surface area contributed by atoms with Gasteiger partial charge in [-0.25, -0.2) is 0 Å². The van der Waals surface area contributed by atoms with Crippen molar-refractivity contribution in [3.63, 3.8) is 0 Å². The molecule has 0 bridgehead atoms. The summed E-state index contributed by atoms with van der Waals surface area (Å²) in [5.74, 6) is -0.598. The number of rotatable bonds is 48. The summed E-state index contributed by atoms with van der Waals surface area (Å²) in [6.45, 7) is 6.45. The highest BCUT2D eigenvalue weighted by Gasteiger charge is 2.23. The van der Waals surface area contributed by atoms with Gasteiger partial charge in [-0.3, -0.25) is 9.59 Å². The molecule has 61 heavy (non-hydrogen) atoms. The molecule has 1 amide bonds. The molecule has 0 aromatic heterocycles. The highest BCUT2D eigenvalue weighted by molar-refractivity contribution is 5.78. The molecule has 358 valence electrons. The highest BCUT2D eigenvalue weighted by atomic mass is 16.5. The first-order valence-electron chi connectivity index (χ1n) is 26.7. The minimum atomic E-state index is -0.809. The standard InChI is InChI=1S/C55H103NO5/c1-4-7-10-13-16-19-22-24-26-27-28-30-33-36-39-42-45-48-55(60)61-51(46-43-40-37-34-31-21-18-15-12-9-6-3)49-54(59)56-52(50-57)53(58)47-44-41-38-35-32-29-25-23-20-17-14-11-8-5-2/h24,26,34,37,43,46,51-53,57-58H,4-23,25,27-33,35-36,38-42,44-45,47-50H2,1-3H3,(H,56,59)/b26-24+,37-34-,46-43+. The number of hydrogen-bond donors (Lipinski definition) is 3. The smallest absolute Gasteiger partial charge is 0.306 e. The molecule has 0 heterocycles. The number of hydrogen-bond acceptors (Lipinski definition) is 5. The first-order valence-corrected chi connectivity index (χ1v) is 26.7. The van der Waals surface area contributed by atoms with Crippen molar-refractivity contribution in [3.05, 3.63) is 36.5 Å². The van der Waals surface area contributed by atoms with Crippen LogP contribution in [0.2, 0.25) is 0 Å². The van der Waals surface area contributed by atoms with E-state index in [9.17, 15) is 19.8 Å². The third kappa shape index (κ3) is 44.5. The van der Waals surface area contributed by atoms with Crippen LogP contribution >= 0.6 is 0 Å². The van der Waals surface area contributed by atoms with E-state index >= 15 is 0 Å². The van der Waals surface area contributed by atoms with Gasteiger partial charge in [-0.2, -0.15) is 0 Å². The molecule has 0 radical (unpaired) electrons. The van der Waals surface area contributed by atoms with Crippen LogP contribution in [-0.4, -0.2) is 46.9 Å². The van der Waals surface area contributed by atoms with Gasteiger partial charge in [-0.15, -0.1) is 0 Å². The summed E-state index contributed by atoms with van der Waals surface area (Å²) in [6.07, 6.45) is 58.1. The lowest BCUT2D eigenvalue weighted by Gasteiger charge is -2.23. The second kappa shape index (κ2) is 49.1. The summed E-state index contributed by atoms with van der Waals surface area (Å²) in [4.78, 5) is 26.1. The van der Waals surface area contributed by atoms with E-state index in [1.165, 1.54) is 186 Å². The number of ether oxygens (including phenoxy) is 1. The van der Waals surface area contributed by atoms with Gasteiger partial charge in [0.15, 0.2) is 0 Å². The van der Waals surface area contributed by atoms with Crippen LogP contribution in [-0.2, 0) is 14.3 Å². The lowest BCUT2D eigenvalue weighted by molar-refractivity contribution is -0.148. The Morgan fingerprint density at radius 3 is 1.30 bits per heavy atom. The Hall–Kier alpha value is -1.92. The lowest BCUT2D eigenvalue weighted by atomic mass is 10.0. The lowest BCUT2D eigenvalue weighted by Crippen LogP contribution is -2.46. The quantitative estimate of drug-likeness (QED) is 0.0322. The van der Waals surface area contributed by atoms with Gasteiger partial charge in [0.2, 0.25) is 5.91 Å². The predicted molar refractivity (Wildman–Crippen MR) is 264 cm³/mol. The first-order chi connectivity index (χ1) is 30.0. The predicted octanol–water partition coefficient (Wildman–Crippen LogP) is 16.1. The molecule has 6 nitrogen and oxygen atoms in total. The molecule has 0 spiro atoms. The average molecular weight is 858 g/mol. The largest absolute Gasteiger partial charge is 0.458 e. The number of unbranched alkanes of at least 4 members (excludes halogenated alkanes) is 32. The molecule has 0 fully saturated rings. The van der Waals surface area contributed by atoms with Crippen LogP contribution in [0, 0.1) is 0 Å². The van der Waals surface area contributed by atoms with E-state index in [0.29, 0.717) is 12.8 Å². The SMILES string of the molecule is CCCCCCCC/C=C\C/C=C/C(CC(=O)NC(CO)C(O)CCCCCCCCCCCCCCCC)OC(=O)CCCCCCCCC/C=C/CCCCCCCC. The van der Waals surface area contributed by atoms with Gasteiger partial charge < -0.3 is 20.3 Å². The molecule has 0 saturated heterocycles. The van der Waals surface area contributed by atoms with Crippen molar-refractivity contribution >= 4 is 11.9 Å². The molecule has 0 aliphatic heterocycles. The fraction of sp³-hybridized carbons (Fsp3) is 0.855. The first kappa shape index (κ1) is 59.1. The number of carbonyl (C=O) groups excluding carboxylic acids is 2. The maximum atomic E-state index is 13.2. The Morgan fingerprint density at radius 2 is 0.869 bits per heavy atom. The summed E-state index contributed by atoms with van der Waals surface area (Å²) < 4.78 is 5.83. The summed E-state index contributed by atoms with van der Waals surface area (Å²) in [5, 5.41) is 23.7. The van der Waals surface area contributed by atoms with Gasteiger partial charge in [0.1, 0.15) is 6.10 Å². The van der Waals surface area contributed by atoms with Gasteiger partial charge in [0, 0.05) is 6.42 Å². The van der Waals surface area contributed by atoms with E-state index in [1.807, 2.05) is 12.2 Å². The minimum Gasteiger partial charge on any atom is -0.458 e. The fourth-order valence-electron chi connectivity index (χ4n) is 8.10. The van der Waals surface area contributed by atoms with E-state index in [4.69, 9.17) is 4.74 Å². The van der Waals surface area contributed by atoms with Crippen molar-refractivity contribution in [1.29, 1.82) is 0 Å². The van der Waals surface area contributed by atoms with Gasteiger partial charge >= 0.3 is 5.97 Å². The van der Waals surface area contributed by atoms with Crippen LogP contribution < -0.4 is 5.32 Å². The molecule has 3 unspecified atom stereocenters. The van der Waals surface area contributed by atoms with Crippen molar-refractivity contribution in [2.75, 3.05) is 6.61 Å². The third-order valence-electron chi connectivity index (χ3n) is 12.2. The average Bonchev–Trinajstić information content (AvgIpc) is 3.25. The van der Waals surface area contributed by atoms with Crippen LogP contribution in [0.4, 0.5) is 0 Å². The van der Waals surface area contributed by atoms with Crippen molar-refractivity contribution in [3.8, 4) is 0 Å². The van der Waals surface area contributed by atoms with Crippen LogP contribution in [0.1, 0.15) is 278 Å². The summed E-state index contributed by atoms with van der Waals surface area (Å²) in [6, 6.07) is -0.730. The Balaban J connectivity index is 4.56. The Bertz CT molecular complexity index is 1010. The molecule has 0 aliphatic rings. The minimum absolute atomic E-state index is 0.0278. The molecular weight excluding hydrogens is 755 g/mol. The van der Waals surface area contributed by atoms with Crippen LogP contribution in [0.25, 0.3) is 0 Å². The highest BCUT2D eigenvalue weighted by Crippen LogP contribution is 2.16. The third-order valence-corrected chi connectivity index (χ3v) is 12.2. The van der Waals surface area contributed by atoms with Crippen LogP contribution in [0.3, 0.4) is 0 Å². The second-order valence-electron chi connectivity index (χ2n) is 18.3. The van der Waals surface area contributed by atoms with Gasteiger partial charge in [0.25, 0.3) is 0 Å². The van der Waals surface area contributed by atoms with Gasteiger partial charge in [-0.1, -0.05) is 237 Å². The Labute approximate surface area is 379 Å². The normalized spacial score (nSPS) is 13.5. The zero-order valence-electron chi connectivity index (χ0n) is 40.8. The molecule has 0 aromatic rings. The van der Waals surface area contributed by atoms with E-state index in [2.05, 4.69) is 50.4 Å². The number of nitrogens with one attached hydrogen (secondary N) is 1. The number of aliphatic hydroxyl groups is 2. The Morgan fingerprint density at radius 1 is 0.492 bits per heavy atom. The summed E-state index contributed by atoms with van der Waals surface area (Å²) in [5.41, 5.74) is 0. The van der Waals surface area contributed by atoms with Gasteiger partial charge in [0.05, 0.1) is 25.2 Å². The maximum absolute atomic E-state index is 13.2. The number of esters is 1. The molecule has 3 atom stereocenters. The topological polar surface area (TPSA) is 95.9 Å². The maximum Gasteiger partial charge on any atom is 0.306 e. The van der Waals surface area contributed by atoms with E-state index in [0.717, 1.165) is 51.4 Å². The van der Waals surface area contributed by atoms with Gasteiger partial charge in [-0.05, 0) is 63.9 Å². The Kier molecular flexibility index (Phi) is 47.6. The van der Waals surface area contributed by atoms with Crippen LogP contribution in [0.15, 0.2) is 36.5 Å². The number of allylic oxidation sites excluding steroid dienone is 5.